The molecule has 0 radical (unpaired) electrons. The SMILES string of the molecule is CCOCC(=O)Nc1cc(C(=O)NCCn2ccnn2)cc(C(F)(F)F)c1. The van der Waals surface area contributed by atoms with Gasteiger partial charge in [0.1, 0.15) is 6.61 Å². The van der Waals surface area contributed by atoms with Crippen molar-refractivity contribution in [1.82, 2.24) is 20.3 Å². The van der Waals surface area contributed by atoms with Crippen molar-refractivity contribution in [3.05, 3.63) is 41.7 Å². The number of carbonyl (C=O) groups excluding carboxylic acids is 2. The third-order valence-corrected chi connectivity index (χ3v) is 3.34. The minimum absolute atomic E-state index is 0.143. The monoisotopic (exact) mass is 385 g/mol. The zero-order valence-corrected chi connectivity index (χ0v) is 14.4. The molecule has 27 heavy (non-hydrogen) atoms. The van der Waals surface area contributed by atoms with Crippen LogP contribution in [0.3, 0.4) is 0 Å². The van der Waals surface area contributed by atoms with E-state index in [9.17, 15) is 22.8 Å². The molecule has 0 spiro atoms. The predicted octanol–water partition coefficient (Wildman–Crippen LogP) is 1.70. The zero-order valence-electron chi connectivity index (χ0n) is 14.4. The van der Waals surface area contributed by atoms with Gasteiger partial charge in [0.05, 0.1) is 18.3 Å². The Kier molecular flexibility index (Phi) is 6.88. The number of hydrogen-bond acceptors (Lipinski definition) is 5. The van der Waals surface area contributed by atoms with E-state index >= 15 is 0 Å². The number of amides is 2. The first-order valence-corrected chi connectivity index (χ1v) is 8.01. The van der Waals surface area contributed by atoms with E-state index in [0.717, 1.165) is 12.1 Å². The van der Waals surface area contributed by atoms with E-state index in [4.69, 9.17) is 4.74 Å². The Morgan fingerprint density at radius 1 is 1.26 bits per heavy atom. The molecule has 0 aliphatic carbocycles. The number of rotatable bonds is 8. The molecule has 2 amide bonds. The molecule has 0 atom stereocenters. The van der Waals surface area contributed by atoms with Crippen LogP contribution in [0.25, 0.3) is 0 Å². The molecule has 0 aliphatic heterocycles. The van der Waals surface area contributed by atoms with Crippen LogP contribution in [0.1, 0.15) is 22.8 Å². The van der Waals surface area contributed by atoms with Crippen LogP contribution < -0.4 is 10.6 Å². The molecule has 0 bridgehead atoms. The van der Waals surface area contributed by atoms with Gasteiger partial charge in [-0.3, -0.25) is 14.3 Å². The second-order valence-corrected chi connectivity index (χ2v) is 5.40. The lowest BCUT2D eigenvalue weighted by Crippen LogP contribution is -2.28. The number of benzene rings is 1. The van der Waals surface area contributed by atoms with Crippen LogP contribution in [0.5, 0.6) is 0 Å². The second kappa shape index (κ2) is 9.12. The van der Waals surface area contributed by atoms with Gasteiger partial charge in [-0.1, -0.05) is 5.21 Å². The van der Waals surface area contributed by atoms with E-state index in [1.807, 2.05) is 0 Å². The van der Waals surface area contributed by atoms with Crippen molar-refractivity contribution < 1.29 is 27.5 Å². The zero-order chi connectivity index (χ0) is 19.9. The van der Waals surface area contributed by atoms with Gasteiger partial charge in [-0.05, 0) is 25.1 Å². The molecule has 146 valence electrons. The van der Waals surface area contributed by atoms with Crippen LogP contribution in [0.15, 0.2) is 30.6 Å². The lowest BCUT2D eigenvalue weighted by atomic mass is 10.1. The fourth-order valence-electron chi connectivity index (χ4n) is 2.12. The largest absolute Gasteiger partial charge is 0.416 e. The Balaban J connectivity index is 2.11. The molecule has 0 fully saturated rings. The van der Waals surface area contributed by atoms with Gasteiger partial charge in [-0.25, -0.2) is 0 Å². The number of anilines is 1. The number of aromatic nitrogens is 3. The first-order valence-electron chi connectivity index (χ1n) is 8.01. The number of halogens is 3. The molecule has 1 aromatic heterocycles. The smallest absolute Gasteiger partial charge is 0.372 e. The number of carbonyl (C=O) groups is 2. The maximum absolute atomic E-state index is 13.1. The van der Waals surface area contributed by atoms with E-state index in [-0.39, 0.29) is 31.0 Å². The van der Waals surface area contributed by atoms with Crippen LogP contribution in [0, 0.1) is 0 Å². The number of nitrogens with zero attached hydrogens (tertiary/aromatic N) is 3. The molecule has 2 N–H and O–H groups in total. The molecule has 0 aliphatic rings. The average molecular weight is 385 g/mol. The minimum atomic E-state index is -4.67. The lowest BCUT2D eigenvalue weighted by Gasteiger charge is -2.13. The Labute approximate surface area is 152 Å². The molecular formula is C16H18F3N5O3. The van der Waals surface area contributed by atoms with Crippen LogP contribution in [0.2, 0.25) is 0 Å². The first-order chi connectivity index (χ1) is 12.8. The van der Waals surface area contributed by atoms with Crippen molar-refractivity contribution >= 4 is 17.5 Å². The molecule has 11 heteroatoms. The molecule has 1 heterocycles. The molecule has 2 rings (SSSR count). The average Bonchev–Trinajstić information content (AvgIpc) is 3.12. The van der Waals surface area contributed by atoms with Crippen molar-refractivity contribution in [2.75, 3.05) is 25.1 Å². The van der Waals surface area contributed by atoms with E-state index in [1.165, 1.54) is 16.9 Å². The number of alkyl halides is 3. The quantitative estimate of drug-likeness (QED) is 0.721. The number of nitrogens with one attached hydrogen (secondary N) is 2. The van der Waals surface area contributed by atoms with Crippen molar-refractivity contribution in [3.63, 3.8) is 0 Å². The third-order valence-electron chi connectivity index (χ3n) is 3.34. The van der Waals surface area contributed by atoms with E-state index in [2.05, 4.69) is 20.9 Å². The molecule has 0 unspecified atom stereocenters. The lowest BCUT2D eigenvalue weighted by molar-refractivity contribution is -0.137. The summed E-state index contributed by atoms with van der Waals surface area (Å²) < 4.78 is 45.7. The molecule has 8 nitrogen and oxygen atoms in total. The van der Waals surface area contributed by atoms with Gasteiger partial charge in [0.2, 0.25) is 5.91 Å². The molecule has 0 saturated heterocycles. The maximum atomic E-state index is 13.1. The van der Waals surface area contributed by atoms with Gasteiger partial charge in [0.25, 0.3) is 5.91 Å². The Morgan fingerprint density at radius 2 is 2.04 bits per heavy atom. The summed E-state index contributed by atoms with van der Waals surface area (Å²) >= 11 is 0. The fourth-order valence-corrected chi connectivity index (χ4v) is 2.12. The Hall–Kier alpha value is -2.95. The highest BCUT2D eigenvalue weighted by atomic mass is 19.4. The minimum Gasteiger partial charge on any atom is -0.372 e. The summed E-state index contributed by atoms with van der Waals surface area (Å²) in [4.78, 5) is 23.9. The topological polar surface area (TPSA) is 98.1 Å². The first kappa shape index (κ1) is 20.4. The van der Waals surface area contributed by atoms with Gasteiger partial charge >= 0.3 is 6.18 Å². The molecular weight excluding hydrogens is 367 g/mol. The van der Waals surface area contributed by atoms with Crippen molar-refractivity contribution in [2.24, 2.45) is 0 Å². The highest BCUT2D eigenvalue weighted by molar-refractivity contribution is 5.97. The summed E-state index contributed by atoms with van der Waals surface area (Å²) in [6.07, 6.45) is -1.62. The summed E-state index contributed by atoms with van der Waals surface area (Å²) in [5.74, 6) is -1.32. The van der Waals surface area contributed by atoms with Crippen LogP contribution in [0.4, 0.5) is 18.9 Å². The molecule has 1 aromatic carbocycles. The second-order valence-electron chi connectivity index (χ2n) is 5.40. The van der Waals surface area contributed by atoms with Gasteiger partial charge in [0.15, 0.2) is 0 Å². The highest BCUT2D eigenvalue weighted by Crippen LogP contribution is 2.32. The fraction of sp³-hybridized carbons (Fsp3) is 0.375. The maximum Gasteiger partial charge on any atom is 0.416 e. The summed E-state index contributed by atoms with van der Waals surface area (Å²) in [6, 6.07) is 2.66. The Morgan fingerprint density at radius 3 is 2.67 bits per heavy atom. The van der Waals surface area contributed by atoms with Crippen molar-refractivity contribution in [3.8, 4) is 0 Å². The predicted molar refractivity (Wildman–Crippen MR) is 88.9 cm³/mol. The highest BCUT2D eigenvalue weighted by Gasteiger charge is 2.32. The summed E-state index contributed by atoms with van der Waals surface area (Å²) in [5, 5.41) is 12.1. The summed E-state index contributed by atoms with van der Waals surface area (Å²) in [7, 11) is 0. The van der Waals surface area contributed by atoms with Crippen LogP contribution in [-0.2, 0) is 22.3 Å². The summed E-state index contributed by atoms with van der Waals surface area (Å²) in [6.45, 7) is 2.12. The number of hydrogen-bond donors (Lipinski definition) is 2. The normalized spacial score (nSPS) is 11.3. The van der Waals surface area contributed by atoms with E-state index < -0.39 is 23.6 Å². The van der Waals surface area contributed by atoms with E-state index in [1.54, 1.807) is 13.1 Å². The molecule has 2 aromatic rings. The third kappa shape index (κ3) is 6.37. The Bertz CT molecular complexity index is 778. The van der Waals surface area contributed by atoms with Gasteiger partial charge in [0, 0.05) is 30.6 Å². The van der Waals surface area contributed by atoms with Gasteiger partial charge in [-0.2, -0.15) is 13.2 Å². The standard InChI is InChI=1S/C16H18F3N5O3/c1-2-27-10-14(25)22-13-8-11(7-12(9-13)16(17,18)19)15(26)20-3-5-24-6-4-21-23-24/h4,6-9H,2-3,5,10H2,1H3,(H,20,26)(H,22,25). The van der Waals surface area contributed by atoms with E-state index in [0.29, 0.717) is 6.54 Å². The van der Waals surface area contributed by atoms with Gasteiger partial charge < -0.3 is 15.4 Å². The molecule has 0 saturated carbocycles. The van der Waals surface area contributed by atoms with Gasteiger partial charge in [-0.15, -0.1) is 5.10 Å². The number of ether oxygens (including phenoxy) is 1. The van der Waals surface area contributed by atoms with Crippen LogP contribution in [-0.4, -0.2) is 46.6 Å². The summed E-state index contributed by atoms with van der Waals surface area (Å²) in [5.41, 5.74) is -1.41. The van der Waals surface area contributed by atoms with Crippen molar-refractivity contribution in [2.45, 2.75) is 19.6 Å². The van der Waals surface area contributed by atoms with Crippen LogP contribution >= 0.6 is 0 Å². The van der Waals surface area contributed by atoms with Crippen molar-refractivity contribution in [1.29, 1.82) is 0 Å².